The second-order valence-electron chi connectivity index (χ2n) is 5.63. The van der Waals surface area contributed by atoms with Gasteiger partial charge in [0.1, 0.15) is 5.75 Å². The second-order valence-corrected chi connectivity index (χ2v) is 6.83. The molecule has 26 heavy (non-hydrogen) atoms. The SMILES string of the molecule is COc1ccc(CC(=O)Nc2nc(-c3ccc(F)c(F)c3)c(C)s2)cc1. The number of nitrogens with one attached hydrogen (secondary N) is 1. The standard InChI is InChI=1S/C19H16F2N2O2S/c1-11-18(13-5-8-15(20)16(21)10-13)23-19(26-11)22-17(24)9-12-3-6-14(25-2)7-4-12/h3-8,10H,9H2,1-2H3,(H,22,23,24). The molecular weight excluding hydrogens is 358 g/mol. The van der Waals surface area contributed by atoms with Crippen LogP contribution >= 0.6 is 11.3 Å². The molecule has 0 saturated carbocycles. The summed E-state index contributed by atoms with van der Waals surface area (Å²) in [6, 6.07) is 10.8. The van der Waals surface area contributed by atoms with E-state index < -0.39 is 11.6 Å². The number of aryl methyl sites for hydroxylation is 1. The lowest BCUT2D eigenvalue weighted by molar-refractivity contribution is -0.115. The summed E-state index contributed by atoms with van der Waals surface area (Å²) in [6.45, 7) is 1.81. The molecule has 4 nitrogen and oxygen atoms in total. The van der Waals surface area contributed by atoms with Crippen molar-refractivity contribution in [1.82, 2.24) is 4.98 Å². The first-order chi connectivity index (χ1) is 12.5. The lowest BCUT2D eigenvalue weighted by atomic mass is 10.1. The minimum absolute atomic E-state index is 0.198. The van der Waals surface area contributed by atoms with E-state index in [1.165, 1.54) is 17.4 Å². The molecule has 7 heteroatoms. The number of carbonyl (C=O) groups is 1. The van der Waals surface area contributed by atoms with Crippen LogP contribution in [0.3, 0.4) is 0 Å². The Hall–Kier alpha value is -2.80. The fraction of sp³-hybridized carbons (Fsp3) is 0.158. The zero-order valence-corrected chi connectivity index (χ0v) is 15.0. The van der Waals surface area contributed by atoms with Crippen molar-refractivity contribution in [1.29, 1.82) is 0 Å². The number of amides is 1. The van der Waals surface area contributed by atoms with Crippen LogP contribution in [-0.4, -0.2) is 18.0 Å². The maximum atomic E-state index is 13.4. The molecule has 0 aliphatic carbocycles. The smallest absolute Gasteiger partial charge is 0.230 e. The predicted molar refractivity (Wildman–Crippen MR) is 97.5 cm³/mol. The van der Waals surface area contributed by atoms with Crippen molar-refractivity contribution in [3.8, 4) is 17.0 Å². The Morgan fingerprint density at radius 1 is 1.15 bits per heavy atom. The van der Waals surface area contributed by atoms with Gasteiger partial charge in [-0.1, -0.05) is 12.1 Å². The number of carbonyl (C=O) groups excluding carboxylic acids is 1. The first-order valence-corrected chi connectivity index (χ1v) is 8.63. The summed E-state index contributed by atoms with van der Waals surface area (Å²) in [5.41, 5.74) is 1.83. The van der Waals surface area contributed by atoms with Crippen LogP contribution in [-0.2, 0) is 11.2 Å². The van der Waals surface area contributed by atoms with E-state index >= 15 is 0 Å². The molecule has 134 valence electrons. The minimum Gasteiger partial charge on any atom is -0.497 e. The number of ether oxygens (including phenoxy) is 1. The number of benzene rings is 2. The number of methoxy groups -OCH3 is 1. The largest absolute Gasteiger partial charge is 0.497 e. The molecular formula is C19H16F2N2O2S. The highest BCUT2D eigenvalue weighted by atomic mass is 32.1. The van der Waals surface area contributed by atoms with Gasteiger partial charge in [-0.05, 0) is 42.8 Å². The van der Waals surface area contributed by atoms with Crippen LogP contribution < -0.4 is 10.1 Å². The van der Waals surface area contributed by atoms with E-state index in [1.54, 1.807) is 19.2 Å². The first-order valence-electron chi connectivity index (χ1n) is 7.82. The molecule has 1 heterocycles. The molecule has 0 aliphatic rings. The van der Waals surface area contributed by atoms with E-state index in [0.29, 0.717) is 16.4 Å². The van der Waals surface area contributed by atoms with Crippen molar-refractivity contribution in [3.05, 3.63) is 64.5 Å². The number of halogens is 2. The van der Waals surface area contributed by atoms with Gasteiger partial charge in [0.15, 0.2) is 16.8 Å². The van der Waals surface area contributed by atoms with Gasteiger partial charge in [-0.15, -0.1) is 11.3 Å². The molecule has 0 atom stereocenters. The Morgan fingerprint density at radius 2 is 1.88 bits per heavy atom. The molecule has 3 rings (SSSR count). The Labute approximate surface area is 153 Å². The third-order valence-corrected chi connectivity index (χ3v) is 4.65. The molecule has 1 N–H and O–H groups in total. The van der Waals surface area contributed by atoms with Crippen LogP contribution in [0, 0.1) is 18.6 Å². The van der Waals surface area contributed by atoms with E-state index in [1.807, 2.05) is 19.1 Å². The summed E-state index contributed by atoms with van der Waals surface area (Å²) < 4.78 is 31.6. The monoisotopic (exact) mass is 374 g/mol. The van der Waals surface area contributed by atoms with Crippen LogP contribution in [0.5, 0.6) is 5.75 Å². The van der Waals surface area contributed by atoms with Gasteiger partial charge in [0, 0.05) is 10.4 Å². The quantitative estimate of drug-likeness (QED) is 0.711. The van der Waals surface area contributed by atoms with Crippen molar-refractivity contribution in [2.24, 2.45) is 0 Å². The van der Waals surface area contributed by atoms with Crippen molar-refractivity contribution in [2.45, 2.75) is 13.3 Å². The average molecular weight is 374 g/mol. The molecule has 1 aromatic heterocycles. The predicted octanol–water partition coefficient (Wildman–Crippen LogP) is 4.59. The third-order valence-electron chi connectivity index (χ3n) is 3.76. The lowest BCUT2D eigenvalue weighted by Gasteiger charge is -2.04. The average Bonchev–Trinajstić information content (AvgIpc) is 2.98. The van der Waals surface area contributed by atoms with E-state index in [9.17, 15) is 13.6 Å². The summed E-state index contributed by atoms with van der Waals surface area (Å²) in [6.07, 6.45) is 0.198. The van der Waals surface area contributed by atoms with Crippen molar-refractivity contribution in [3.63, 3.8) is 0 Å². The summed E-state index contributed by atoms with van der Waals surface area (Å²) in [5, 5.41) is 3.16. The lowest BCUT2D eigenvalue weighted by Crippen LogP contribution is -2.14. The van der Waals surface area contributed by atoms with Crippen molar-refractivity contribution < 1.29 is 18.3 Å². The van der Waals surface area contributed by atoms with Gasteiger partial charge >= 0.3 is 0 Å². The maximum Gasteiger partial charge on any atom is 0.230 e. The fourth-order valence-corrected chi connectivity index (χ4v) is 3.31. The van der Waals surface area contributed by atoms with Gasteiger partial charge < -0.3 is 10.1 Å². The highest BCUT2D eigenvalue weighted by Gasteiger charge is 2.14. The molecule has 3 aromatic rings. The normalized spacial score (nSPS) is 10.6. The van der Waals surface area contributed by atoms with E-state index in [-0.39, 0.29) is 12.3 Å². The fourth-order valence-electron chi connectivity index (χ4n) is 2.45. The van der Waals surface area contributed by atoms with Crippen LogP contribution in [0.1, 0.15) is 10.4 Å². The van der Waals surface area contributed by atoms with Crippen LogP contribution in [0.2, 0.25) is 0 Å². The first kappa shape index (κ1) is 18.0. The molecule has 0 spiro atoms. The molecule has 0 fully saturated rings. The van der Waals surface area contributed by atoms with Crippen LogP contribution in [0.15, 0.2) is 42.5 Å². The number of hydrogen-bond donors (Lipinski definition) is 1. The van der Waals surface area contributed by atoms with E-state index in [2.05, 4.69) is 10.3 Å². The zero-order valence-electron chi connectivity index (χ0n) is 14.2. The van der Waals surface area contributed by atoms with E-state index in [4.69, 9.17) is 4.74 Å². The van der Waals surface area contributed by atoms with E-state index in [0.717, 1.165) is 28.3 Å². The molecule has 0 saturated heterocycles. The highest BCUT2D eigenvalue weighted by Crippen LogP contribution is 2.31. The van der Waals surface area contributed by atoms with Crippen LogP contribution in [0.4, 0.5) is 13.9 Å². The maximum absolute atomic E-state index is 13.4. The molecule has 0 bridgehead atoms. The number of rotatable bonds is 5. The molecule has 0 aliphatic heterocycles. The Bertz CT molecular complexity index is 939. The number of thiazole rings is 1. The molecule has 0 radical (unpaired) electrons. The van der Waals surface area contributed by atoms with Crippen molar-refractivity contribution in [2.75, 3.05) is 12.4 Å². The Balaban J connectivity index is 1.71. The topological polar surface area (TPSA) is 51.2 Å². The Morgan fingerprint density at radius 3 is 2.54 bits per heavy atom. The minimum atomic E-state index is -0.931. The van der Waals surface area contributed by atoms with Crippen LogP contribution in [0.25, 0.3) is 11.3 Å². The number of hydrogen-bond acceptors (Lipinski definition) is 4. The number of nitrogens with zero attached hydrogens (tertiary/aromatic N) is 1. The Kier molecular flexibility index (Phi) is 5.27. The van der Waals surface area contributed by atoms with Gasteiger partial charge in [0.25, 0.3) is 0 Å². The van der Waals surface area contributed by atoms with Gasteiger partial charge in [0.2, 0.25) is 5.91 Å². The van der Waals surface area contributed by atoms with Gasteiger partial charge in [-0.25, -0.2) is 13.8 Å². The van der Waals surface area contributed by atoms with Crippen molar-refractivity contribution >= 4 is 22.4 Å². The van der Waals surface area contributed by atoms with Gasteiger partial charge in [0.05, 0.1) is 19.2 Å². The molecule has 0 unspecified atom stereocenters. The number of aromatic nitrogens is 1. The summed E-state index contributed by atoms with van der Waals surface area (Å²) >= 11 is 1.28. The summed E-state index contributed by atoms with van der Waals surface area (Å²) in [7, 11) is 1.58. The molecule has 2 aromatic carbocycles. The molecule has 1 amide bonds. The highest BCUT2D eigenvalue weighted by molar-refractivity contribution is 7.16. The zero-order chi connectivity index (χ0) is 18.7. The number of anilines is 1. The third kappa shape index (κ3) is 4.05. The summed E-state index contributed by atoms with van der Waals surface area (Å²) in [5.74, 6) is -1.32. The summed E-state index contributed by atoms with van der Waals surface area (Å²) in [4.78, 5) is 17.3. The van der Waals surface area contributed by atoms with Gasteiger partial charge in [-0.3, -0.25) is 4.79 Å². The second kappa shape index (κ2) is 7.61. The van der Waals surface area contributed by atoms with Gasteiger partial charge in [-0.2, -0.15) is 0 Å².